The average molecular weight is 389 g/mol. The largest absolute Gasteiger partial charge is 0.598 e. The van der Waals surface area contributed by atoms with Gasteiger partial charge < -0.3 is 4.55 Å². The topological polar surface area (TPSA) is 48.0 Å². The number of rotatable bonds is 7. The van der Waals surface area contributed by atoms with Gasteiger partial charge in [0.25, 0.3) is 0 Å². The lowest BCUT2D eigenvalue weighted by atomic mass is 9.81. The number of benzene rings is 1. The number of nitrogens with zero attached hydrogens (tertiary/aromatic N) is 1. The van der Waals surface area contributed by atoms with E-state index in [4.69, 9.17) is 0 Å². The van der Waals surface area contributed by atoms with Crippen molar-refractivity contribution >= 4 is 11.4 Å². The van der Waals surface area contributed by atoms with E-state index in [2.05, 4.69) is 9.71 Å². The van der Waals surface area contributed by atoms with Gasteiger partial charge in [-0.05, 0) is 75.8 Å². The van der Waals surface area contributed by atoms with Gasteiger partial charge in [0.15, 0.2) is 0 Å². The molecule has 1 N–H and O–H groups in total. The summed E-state index contributed by atoms with van der Waals surface area (Å²) in [4.78, 5) is 4.62. The highest BCUT2D eigenvalue weighted by molar-refractivity contribution is 7.90. The van der Waals surface area contributed by atoms with Crippen LogP contribution in [0.5, 0.6) is 0 Å². The third-order valence-electron chi connectivity index (χ3n) is 5.20. The van der Waals surface area contributed by atoms with Crippen LogP contribution in [0.1, 0.15) is 63.3 Å². The van der Waals surface area contributed by atoms with Crippen molar-refractivity contribution in [3.8, 4) is 0 Å². The minimum absolute atomic E-state index is 0.229. The lowest BCUT2D eigenvalue weighted by Gasteiger charge is -2.38. The molecule has 3 nitrogen and oxygen atoms in total. The molecule has 0 radical (unpaired) electrons. The van der Waals surface area contributed by atoms with Gasteiger partial charge >= 0.3 is 0 Å². The minimum atomic E-state index is -1.30. The summed E-state index contributed by atoms with van der Waals surface area (Å²) in [6.45, 7) is 7.63. The van der Waals surface area contributed by atoms with Gasteiger partial charge in [-0.3, -0.25) is 4.98 Å². The number of halogens is 1. The summed E-state index contributed by atoms with van der Waals surface area (Å²) < 4.78 is 30.1. The Hall–Kier alpha value is -1.43. The summed E-state index contributed by atoms with van der Waals surface area (Å²) in [5.41, 5.74) is 1.62. The van der Waals surface area contributed by atoms with Gasteiger partial charge in [0.05, 0.1) is 5.69 Å². The van der Waals surface area contributed by atoms with Gasteiger partial charge in [-0.2, -0.15) is 0 Å². The molecule has 3 rings (SSSR count). The van der Waals surface area contributed by atoms with E-state index in [-0.39, 0.29) is 5.82 Å². The molecule has 0 amide bonds. The SMILES string of the molecule is Cc1cc(C(CCC2CC2)(N[S@@+]([O-])C(C)(C)C)c2ccccn2)ccc1F. The standard InChI is InChI=1S/C22H29FN2OS/c1-16-15-18(10-11-19(16)23)22(13-12-17-8-9-17,20-7-5-6-14-24-20)25-27(26)21(2,3)4/h5-7,10-11,14-15,17,25H,8-9,12-13H2,1-4H3/t22?,27-/m0/s1. The maximum atomic E-state index is 14.0. The molecule has 0 saturated heterocycles. The first-order valence-electron chi connectivity index (χ1n) is 9.60. The summed E-state index contributed by atoms with van der Waals surface area (Å²) in [6, 6.07) is 11.0. The highest BCUT2D eigenvalue weighted by atomic mass is 32.2. The normalized spacial score (nSPS) is 18.1. The van der Waals surface area contributed by atoms with Crippen LogP contribution in [-0.2, 0) is 16.9 Å². The number of pyridine rings is 1. The minimum Gasteiger partial charge on any atom is -0.598 e. The Morgan fingerprint density at radius 2 is 1.96 bits per heavy atom. The molecule has 146 valence electrons. The van der Waals surface area contributed by atoms with Crippen LogP contribution < -0.4 is 4.72 Å². The van der Waals surface area contributed by atoms with E-state index in [9.17, 15) is 8.94 Å². The smallest absolute Gasteiger partial charge is 0.136 e. The number of aryl methyl sites for hydroxylation is 1. The van der Waals surface area contributed by atoms with Crippen molar-refractivity contribution in [1.82, 2.24) is 9.71 Å². The first kappa shape index (κ1) is 20.3. The summed E-state index contributed by atoms with van der Waals surface area (Å²) in [6.07, 6.45) is 6.08. The molecular weight excluding hydrogens is 359 g/mol. The molecule has 1 saturated carbocycles. The van der Waals surface area contributed by atoms with Crippen LogP contribution in [0.2, 0.25) is 0 Å². The van der Waals surface area contributed by atoms with Gasteiger partial charge in [0.1, 0.15) is 16.1 Å². The van der Waals surface area contributed by atoms with E-state index in [1.165, 1.54) is 18.9 Å². The van der Waals surface area contributed by atoms with Gasteiger partial charge in [0, 0.05) is 17.6 Å². The highest BCUT2D eigenvalue weighted by Gasteiger charge is 2.44. The van der Waals surface area contributed by atoms with Crippen LogP contribution in [0.25, 0.3) is 0 Å². The van der Waals surface area contributed by atoms with E-state index < -0.39 is 21.6 Å². The second-order valence-corrected chi connectivity index (χ2v) is 10.5. The molecule has 1 heterocycles. The lowest BCUT2D eigenvalue weighted by molar-refractivity contribution is 0.392. The fourth-order valence-electron chi connectivity index (χ4n) is 3.25. The van der Waals surface area contributed by atoms with Crippen LogP contribution in [0.15, 0.2) is 42.6 Å². The number of nitrogens with one attached hydrogen (secondary N) is 1. The Kier molecular flexibility index (Phi) is 5.94. The molecule has 1 aliphatic carbocycles. The molecule has 0 bridgehead atoms. The van der Waals surface area contributed by atoms with Crippen LogP contribution in [0.4, 0.5) is 4.39 Å². The van der Waals surface area contributed by atoms with E-state index in [1.54, 1.807) is 19.2 Å². The highest BCUT2D eigenvalue weighted by Crippen LogP contribution is 2.42. The van der Waals surface area contributed by atoms with Crippen LogP contribution >= 0.6 is 0 Å². The molecule has 27 heavy (non-hydrogen) atoms. The third-order valence-corrected chi connectivity index (χ3v) is 6.85. The van der Waals surface area contributed by atoms with Crippen LogP contribution in [0, 0.1) is 18.7 Å². The molecule has 1 unspecified atom stereocenters. The van der Waals surface area contributed by atoms with Crippen molar-refractivity contribution in [2.75, 3.05) is 0 Å². The Morgan fingerprint density at radius 3 is 2.52 bits per heavy atom. The molecular formula is C22H29FN2OS. The van der Waals surface area contributed by atoms with Crippen molar-refractivity contribution in [3.05, 3.63) is 65.2 Å². The maximum Gasteiger partial charge on any atom is 0.136 e. The fourth-order valence-corrected chi connectivity index (χ4v) is 4.19. The second-order valence-electron chi connectivity index (χ2n) is 8.55. The van der Waals surface area contributed by atoms with Crippen molar-refractivity contribution in [2.45, 2.75) is 63.7 Å². The summed E-state index contributed by atoms with van der Waals surface area (Å²) in [5.74, 6) is 0.493. The Morgan fingerprint density at radius 1 is 1.22 bits per heavy atom. The monoisotopic (exact) mass is 388 g/mol. The van der Waals surface area contributed by atoms with Crippen molar-refractivity contribution in [1.29, 1.82) is 0 Å². The van der Waals surface area contributed by atoms with Crippen LogP contribution in [0.3, 0.4) is 0 Å². The molecule has 1 fully saturated rings. The zero-order chi connectivity index (χ0) is 19.7. The van der Waals surface area contributed by atoms with Crippen LogP contribution in [-0.4, -0.2) is 14.3 Å². The predicted molar refractivity (Wildman–Crippen MR) is 109 cm³/mol. The molecule has 1 aromatic heterocycles. The number of hydrogen-bond acceptors (Lipinski definition) is 3. The first-order chi connectivity index (χ1) is 12.7. The molecule has 0 aliphatic heterocycles. The third kappa shape index (κ3) is 4.71. The molecule has 1 aromatic carbocycles. The Balaban J connectivity index is 2.11. The average Bonchev–Trinajstić information content (AvgIpc) is 3.45. The molecule has 1 aliphatic rings. The molecule has 5 heteroatoms. The Labute approximate surface area is 165 Å². The van der Waals surface area contributed by atoms with Gasteiger partial charge in [-0.25, -0.2) is 4.39 Å². The Bertz CT molecular complexity index is 774. The summed E-state index contributed by atoms with van der Waals surface area (Å²) >= 11 is -1.30. The zero-order valence-electron chi connectivity index (χ0n) is 16.6. The maximum absolute atomic E-state index is 14.0. The summed E-state index contributed by atoms with van der Waals surface area (Å²) in [7, 11) is 0. The predicted octanol–water partition coefficient (Wildman–Crippen LogP) is 5.01. The van der Waals surface area contributed by atoms with Gasteiger partial charge in [0.2, 0.25) is 0 Å². The van der Waals surface area contributed by atoms with E-state index in [0.717, 1.165) is 30.0 Å². The molecule has 2 aromatic rings. The lowest BCUT2D eigenvalue weighted by Crippen LogP contribution is -2.52. The quantitative estimate of drug-likeness (QED) is 0.678. The van der Waals surface area contributed by atoms with E-state index in [0.29, 0.717) is 5.56 Å². The number of hydrogen-bond donors (Lipinski definition) is 1. The van der Waals surface area contributed by atoms with E-state index >= 15 is 0 Å². The van der Waals surface area contributed by atoms with E-state index in [1.807, 2.05) is 45.0 Å². The number of aromatic nitrogens is 1. The summed E-state index contributed by atoms with van der Waals surface area (Å²) in [5, 5.41) is 0. The molecule has 2 atom stereocenters. The van der Waals surface area contributed by atoms with Crippen molar-refractivity contribution < 1.29 is 8.94 Å². The fraction of sp³-hybridized carbons (Fsp3) is 0.500. The zero-order valence-corrected chi connectivity index (χ0v) is 17.4. The first-order valence-corrected chi connectivity index (χ1v) is 10.8. The second kappa shape index (κ2) is 7.90. The van der Waals surface area contributed by atoms with Gasteiger partial charge in [-0.15, -0.1) is 4.72 Å². The van der Waals surface area contributed by atoms with Gasteiger partial charge in [-0.1, -0.05) is 31.0 Å². The van der Waals surface area contributed by atoms with Crippen molar-refractivity contribution in [3.63, 3.8) is 0 Å². The molecule has 0 spiro atoms. The van der Waals surface area contributed by atoms with Crippen molar-refractivity contribution in [2.24, 2.45) is 5.92 Å².